The number of rotatable bonds is 8. The lowest BCUT2D eigenvalue weighted by molar-refractivity contribution is 0.307. The van der Waals surface area contributed by atoms with Gasteiger partial charge in [0.25, 0.3) is 0 Å². The lowest BCUT2D eigenvalue weighted by atomic mass is 10.1. The van der Waals surface area contributed by atoms with E-state index in [2.05, 4.69) is 52.0 Å². The fraction of sp³-hybridized carbons (Fsp3) is 0.455. The lowest BCUT2D eigenvalue weighted by Crippen LogP contribution is -1.98. The van der Waals surface area contributed by atoms with Gasteiger partial charge in [0.1, 0.15) is 11.5 Å². The van der Waals surface area contributed by atoms with Crippen LogP contribution in [0.5, 0.6) is 11.5 Å². The van der Waals surface area contributed by atoms with Gasteiger partial charge in [-0.25, -0.2) is 0 Å². The number of hydrogen-bond donors (Lipinski definition) is 0. The number of aryl methyl sites for hydroxylation is 2. The molecule has 2 nitrogen and oxygen atoms in total. The fourth-order valence-corrected chi connectivity index (χ4v) is 4.26. The largest absolute Gasteiger partial charge is 0.493 e. The van der Waals surface area contributed by atoms with Gasteiger partial charge < -0.3 is 9.47 Å². The summed E-state index contributed by atoms with van der Waals surface area (Å²) < 4.78 is 14.7. The van der Waals surface area contributed by atoms with Gasteiger partial charge in [-0.15, -0.1) is 11.3 Å². The van der Waals surface area contributed by atoms with Crippen molar-refractivity contribution >= 4 is 31.5 Å². The zero-order valence-electron chi connectivity index (χ0n) is 15.8. The maximum absolute atomic E-state index is 6.01. The molecular formula is C22H28O2S. The highest BCUT2D eigenvalue weighted by molar-refractivity contribution is 7.25. The molecule has 0 unspecified atom stereocenters. The van der Waals surface area contributed by atoms with E-state index in [1.165, 1.54) is 31.3 Å². The van der Waals surface area contributed by atoms with Crippen LogP contribution in [0.2, 0.25) is 0 Å². The molecule has 0 aliphatic carbocycles. The summed E-state index contributed by atoms with van der Waals surface area (Å²) in [5, 5.41) is 2.55. The van der Waals surface area contributed by atoms with E-state index >= 15 is 0 Å². The van der Waals surface area contributed by atoms with E-state index in [0.29, 0.717) is 0 Å². The van der Waals surface area contributed by atoms with Crippen LogP contribution in [0.4, 0.5) is 0 Å². The smallest absolute Gasteiger partial charge is 0.122 e. The summed E-state index contributed by atoms with van der Waals surface area (Å²) in [6.07, 6.45) is 4.49. The molecule has 2 aromatic carbocycles. The SMILES string of the molecule is CCCCOc1cc2c(cc1C)sc1cc(C)c(OCCCC)cc12. The van der Waals surface area contributed by atoms with Crippen molar-refractivity contribution in [1.29, 1.82) is 0 Å². The molecule has 0 aliphatic rings. The van der Waals surface area contributed by atoms with Gasteiger partial charge in [0.15, 0.2) is 0 Å². The van der Waals surface area contributed by atoms with Crippen LogP contribution in [0.25, 0.3) is 20.2 Å². The Morgan fingerprint density at radius 2 is 1.16 bits per heavy atom. The van der Waals surface area contributed by atoms with Gasteiger partial charge in [-0.2, -0.15) is 0 Å². The number of unbranched alkanes of at least 4 members (excludes halogenated alkanes) is 2. The Hall–Kier alpha value is -1.74. The summed E-state index contributed by atoms with van der Waals surface area (Å²) in [5.74, 6) is 2.02. The first-order chi connectivity index (χ1) is 12.1. The molecule has 0 atom stereocenters. The number of fused-ring (bicyclic) bond motifs is 3. The standard InChI is InChI=1S/C22H28O2S/c1-5-7-9-23-19-13-17-18-14-20(24-10-8-6-2)16(4)12-22(18)25-21(17)11-15(19)3/h11-14H,5-10H2,1-4H3. The van der Waals surface area contributed by atoms with E-state index in [9.17, 15) is 0 Å². The minimum atomic E-state index is 0.787. The minimum Gasteiger partial charge on any atom is -0.493 e. The van der Waals surface area contributed by atoms with Crippen molar-refractivity contribution in [3.63, 3.8) is 0 Å². The summed E-state index contributed by atoms with van der Waals surface area (Å²) in [5.41, 5.74) is 2.43. The molecule has 0 fully saturated rings. The third kappa shape index (κ3) is 3.92. The Bertz CT molecular complexity index is 793. The first-order valence-corrected chi connectivity index (χ1v) is 10.2. The number of thiophene rings is 1. The van der Waals surface area contributed by atoms with Gasteiger partial charge in [0.2, 0.25) is 0 Å². The molecule has 3 rings (SSSR count). The summed E-state index contributed by atoms with van der Waals surface area (Å²) in [6.45, 7) is 10.2. The summed E-state index contributed by atoms with van der Waals surface area (Å²) in [7, 11) is 0. The summed E-state index contributed by atoms with van der Waals surface area (Å²) >= 11 is 1.85. The Morgan fingerprint density at radius 1 is 0.720 bits per heavy atom. The molecule has 0 N–H and O–H groups in total. The zero-order chi connectivity index (χ0) is 17.8. The van der Waals surface area contributed by atoms with E-state index in [-0.39, 0.29) is 0 Å². The minimum absolute atomic E-state index is 0.787. The van der Waals surface area contributed by atoms with Gasteiger partial charge in [-0.3, -0.25) is 0 Å². The van der Waals surface area contributed by atoms with E-state index in [1.807, 2.05) is 11.3 Å². The number of ether oxygens (including phenoxy) is 2. The number of benzene rings is 2. The van der Waals surface area contributed by atoms with Gasteiger partial charge in [-0.1, -0.05) is 26.7 Å². The third-order valence-corrected chi connectivity index (χ3v) is 5.69. The molecule has 1 aromatic heterocycles. The average molecular weight is 357 g/mol. The predicted molar refractivity (Wildman–Crippen MR) is 110 cm³/mol. The molecular weight excluding hydrogens is 328 g/mol. The highest BCUT2D eigenvalue weighted by atomic mass is 32.1. The average Bonchev–Trinajstić information content (AvgIpc) is 2.91. The Kier molecular flexibility index (Phi) is 5.85. The molecule has 0 aliphatic heterocycles. The van der Waals surface area contributed by atoms with E-state index in [4.69, 9.17) is 9.47 Å². The van der Waals surface area contributed by atoms with Crippen LogP contribution in [0, 0.1) is 13.8 Å². The predicted octanol–water partition coefficient (Wildman–Crippen LogP) is 7.03. The van der Waals surface area contributed by atoms with Gasteiger partial charge in [0.05, 0.1) is 13.2 Å². The molecule has 3 aromatic rings. The zero-order valence-corrected chi connectivity index (χ0v) is 16.6. The number of hydrogen-bond acceptors (Lipinski definition) is 3. The maximum Gasteiger partial charge on any atom is 0.122 e. The van der Waals surface area contributed by atoms with Crippen LogP contribution >= 0.6 is 11.3 Å². The van der Waals surface area contributed by atoms with Crippen LogP contribution in [0.15, 0.2) is 24.3 Å². The molecule has 0 spiro atoms. The van der Waals surface area contributed by atoms with Gasteiger partial charge in [-0.05, 0) is 62.1 Å². The Balaban J connectivity index is 2.01. The van der Waals surface area contributed by atoms with Crippen LogP contribution < -0.4 is 9.47 Å². The second kappa shape index (κ2) is 8.09. The van der Waals surface area contributed by atoms with E-state index < -0.39 is 0 Å². The van der Waals surface area contributed by atoms with Crippen molar-refractivity contribution in [1.82, 2.24) is 0 Å². The normalized spacial score (nSPS) is 11.4. The van der Waals surface area contributed by atoms with Crippen molar-refractivity contribution in [2.45, 2.75) is 53.4 Å². The monoisotopic (exact) mass is 356 g/mol. The van der Waals surface area contributed by atoms with Gasteiger partial charge >= 0.3 is 0 Å². The van der Waals surface area contributed by atoms with Crippen LogP contribution in [-0.4, -0.2) is 13.2 Å². The highest BCUT2D eigenvalue weighted by Crippen LogP contribution is 2.40. The quantitative estimate of drug-likeness (QED) is 0.403. The van der Waals surface area contributed by atoms with Crippen molar-refractivity contribution in [3.8, 4) is 11.5 Å². The lowest BCUT2D eigenvalue weighted by Gasteiger charge is -2.10. The van der Waals surface area contributed by atoms with Crippen molar-refractivity contribution < 1.29 is 9.47 Å². The molecule has 0 saturated heterocycles. The topological polar surface area (TPSA) is 18.5 Å². The Labute approximate surface area is 154 Å². The second-order valence-corrected chi connectivity index (χ2v) is 7.82. The molecule has 134 valence electrons. The third-order valence-electron chi connectivity index (χ3n) is 4.58. The van der Waals surface area contributed by atoms with Crippen LogP contribution in [0.3, 0.4) is 0 Å². The fourth-order valence-electron chi connectivity index (χ4n) is 3.00. The van der Waals surface area contributed by atoms with Crippen molar-refractivity contribution in [3.05, 3.63) is 35.4 Å². The Morgan fingerprint density at radius 3 is 1.56 bits per heavy atom. The van der Waals surface area contributed by atoms with E-state index in [1.54, 1.807) is 0 Å². The van der Waals surface area contributed by atoms with E-state index in [0.717, 1.165) is 50.4 Å². The summed E-state index contributed by atoms with van der Waals surface area (Å²) in [6, 6.07) is 8.94. The summed E-state index contributed by atoms with van der Waals surface area (Å²) in [4.78, 5) is 0. The van der Waals surface area contributed by atoms with Crippen LogP contribution in [0.1, 0.15) is 50.7 Å². The highest BCUT2D eigenvalue weighted by Gasteiger charge is 2.12. The molecule has 0 bridgehead atoms. The van der Waals surface area contributed by atoms with Crippen molar-refractivity contribution in [2.24, 2.45) is 0 Å². The molecule has 1 heterocycles. The molecule has 0 amide bonds. The molecule has 3 heteroatoms. The molecule has 0 saturated carbocycles. The van der Waals surface area contributed by atoms with Crippen molar-refractivity contribution in [2.75, 3.05) is 13.2 Å². The van der Waals surface area contributed by atoms with Gasteiger partial charge in [0, 0.05) is 20.2 Å². The first kappa shape index (κ1) is 18.1. The first-order valence-electron chi connectivity index (χ1n) is 9.37. The van der Waals surface area contributed by atoms with Crippen LogP contribution in [-0.2, 0) is 0 Å². The maximum atomic E-state index is 6.01. The second-order valence-electron chi connectivity index (χ2n) is 6.73. The molecule has 25 heavy (non-hydrogen) atoms. The molecule has 0 radical (unpaired) electrons.